The molecule has 0 aliphatic rings. The maximum Gasteiger partial charge on any atom is 0.306 e. The normalized spacial score (nSPS) is 13.3. The van der Waals surface area contributed by atoms with Crippen LogP contribution in [0.15, 0.2) is 72.9 Å². The molecular formula is C61H107NO7. The summed E-state index contributed by atoms with van der Waals surface area (Å²) in [6.45, 7) is 4.55. The van der Waals surface area contributed by atoms with Crippen molar-refractivity contribution in [2.75, 3.05) is 41.0 Å². The number of carbonyl (C=O) groups excluding carboxylic acids is 3. The summed E-state index contributed by atoms with van der Waals surface area (Å²) >= 11 is 0. The zero-order valence-corrected chi connectivity index (χ0v) is 45.5. The van der Waals surface area contributed by atoms with Crippen LogP contribution in [0.1, 0.15) is 245 Å². The fourth-order valence-electron chi connectivity index (χ4n) is 8.21. The van der Waals surface area contributed by atoms with Gasteiger partial charge in [0.05, 0.1) is 40.3 Å². The van der Waals surface area contributed by atoms with E-state index >= 15 is 0 Å². The first-order valence-electron chi connectivity index (χ1n) is 28.5. The van der Waals surface area contributed by atoms with Gasteiger partial charge in [-0.3, -0.25) is 9.59 Å². The van der Waals surface area contributed by atoms with Crippen molar-refractivity contribution in [3.63, 3.8) is 0 Å². The molecule has 8 nitrogen and oxygen atoms in total. The van der Waals surface area contributed by atoms with Gasteiger partial charge in [0.1, 0.15) is 12.6 Å². The van der Waals surface area contributed by atoms with Crippen LogP contribution in [0.4, 0.5) is 0 Å². The molecule has 0 fully saturated rings. The Labute approximate surface area is 425 Å². The summed E-state index contributed by atoms with van der Waals surface area (Å²) in [4.78, 5) is 37.2. The number of carboxylic acids is 1. The number of carboxylic acid groups (broad SMARTS) is 1. The number of unbranched alkanes of at least 4 members (excludes halogenated alkanes) is 25. The summed E-state index contributed by atoms with van der Waals surface area (Å²) in [6, 6.07) is -0.730. The zero-order chi connectivity index (χ0) is 50.6. The summed E-state index contributed by atoms with van der Waals surface area (Å²) in [6.07, 6.45) is 66.5. The Balaban J connectivity index is 4.18. The van der Waals surface area contributed by atoms with Gasteiger partial charge >= 0.3 is 11.9 Å². The second kappa shape index (κ2) is 51.1. The van der Waals surface area contributed by atoms with E-state index in [0.717, 1.165) is 77.0 Å². The molecule has 69 heavy (non-hydrogen) atoms. The third-order valence-electron chi connectivity index (χ3n) is 12.6. The van der Waals surface area contributed by atoms with Crippen molar-refractivity contribution in [1.29, 1.82) is 0 Å². The van der Waals surface area contributed by atoms with Crippen LogP contribution in [0.2, 0.25) is 0 Å². The number of hydrogen-bond acceptors (Lipinski definition) is 7. The average Bonchev–Trinajstić information content (AvgIpc) is 3.31. The van der Waals surface area contributed by atoms with Crippen LogP contribution in [0.25, 0.3) is 0 Å². The number of nitrogens with zero attached hydrogens (tertiary/aromatic N) is 1. The summed E-state index contributed by atoms with van der Waals surface area (Å²) in [5.41, 5.74) is 0. The molecule has 2 atom stereocenters. The van der Waals surface area contributed by atoms with E-state index in [2.05, 4.69) is 86.8 Å². The molecule has 0 spiro atoms. The van der Waals surface area contributed by atoms with Crippen LogP contribution in [0.3, 0.4) is 0 Å². The van der Waals surface area contributed by atoms with Gasteiger partial charge in [-0.2, -0.15) is 0 Å². The number of hydrogen-bond donors (Lipinski definition) is 0. The quantitative estimate of drug-likeness (QED) is 0.0259. The lowest BCUT2D eigenvalue weighted by atomic mass is 10.0. The van der Waals surface area contributed by atoms with Crippen LogP contribution in [-0.2, 0) is 28.6 Å². The van der Waals surface area contributed by atoms with E-state index in [1.54, 1.807) is 21.1 Å². The molecule has 0 saturated carbocycles. The summed E-state index contributed by atoms with van der Waals surface area (Å²) in [7, 11) is 5.42. The van der Waals surface area contributed by atoms with Crippen LogP contribution < -0.4 is 5.11 Å². The van der Waals surface area contributed by atoms with Gasteiger partial charge in [-0.05, 0) is 83.5 Å². The molecule has 398 valence electrons. The summed E-state index contributed by atoms with van der Waals surface area (Å²) < 4.78 is 17.3. The van der Waals surface area contributed by atoms with Gasteiger partial charge < -0.3 is 28.6 Å². The van der Waals surface area contributed by atoms with Crippen molar-refractivity contribution in [3.05, 3.63) is 72.9 Å². The average molecular weight is 967 g/mol. The number of quaternary nitrogens is 1. The van der Waals surface area contributed by atoms with E-state index in [-0.39, 0.29) is 42.7 Å². The second-order valence-corrected chi connectivity index (χ2v) is 20.1. The van der Waals surface area contributed by atoms with E-state index < -0.39 is 18.1 Å². The molecule has 0 radical (unpaired) electrons. The largest absolute Gasteiger partial charge is 0.544 e. The van der Waals surface area contributed by atoms with Crippen LogP contribution >= 0.6 is 0 Å². The van der Waals surface area contributed by atoms with Crippen molar-refractivity contribution in [2.45, 2.75) is 257 Å². The fourth-order valence-corrected chi connectivity index (χ4v) is 8.21. The van der Waals surface area contributed by atoms with Crippen molar-refractivity contribution in [2.24, 2.45) is 0 Å². The minimum Gasteiger partial charge on any atom is -0.544 e. The van der Waals surface area contributed by atoms with Gasteiger partial charge in [-0.1, -0.05) is 215 Å². The number of carbonyl (C=O) groups is 3. The first-order chi connectivity index (χ1) is 33.6. The molecule has 0 aliphatic heterocycles. The number of ether oxygens (including phenoxy) is 3. The standard InChI is InChI=1S/C61H107NO7/c1-6-8-10-12-14-16-18-20-22-24-26-28-30-32-34-36-38-40-42-44-46-48-50-52-60(64)69-57(55-67-54-53-58(61(65)66)62(3,4)5)56-68-59(63)51-49-47-45-43-41-39-37-35-33-31-29-27-25-23-21-19-17-15-13-11-9-7-2/h8,10,14-17,20-23,27,29,57-58H,6-7,9,11-13,18-19,24-26,28,30-56H2,1-5H3/b10-8+,16-14+,17-15+,22-20+,23-21+,29-27+. The summed E-state index contributed by atoms with van der Waals surface area (Å²) in [5, 5.41) is 11.7. The third-order valence-corrected chi connectivity index (χ3v) is 12.6. The van der Waals surface area contributed by atoms with Gasteiger partial charge in [0, 0.05) is 19.3 Å². The SMILES string of the molecule is CC/C=C/C/C=C/C/C=C/CCCCCCCCCCCCCCCC(=O)OC(COCCC(C(=O)[O-])[N+](C)(C)C)COC(=O)CCCCCCCCCCC/C=C/C/C=C/C/C=C/CCCCC. The molecule has 0 bridgehead atoms. The van der Waals surface area contributed by atoms with Gasteiger partial charge in [0.2, 0.25) is 0 Å². The lowest BCUT2D eigenvalue weighted by Gasteiger charge is -2.34. The highest BCUT2D eigenvalue weighted by atomic mass is 16.6. The summed E-state index contributed by atoms with van der Waals surface area (Å²) in [5.74, 6) is -1.74. The first-order valence-corrected chi connectivity index (χ1v) is 28.5. The lowest BCUT2D eigenvalue weighted by molar-refractivity contribution is -0.889. The van der Waals surface area contributed by atoms with Crippen molar-refractivity contribution in [1.82, 2.24) is 0 Å². The van der Waals surface area contributed by atoms with Gasteiger partial charge in [-0.15, -0.1) is 0 Å². The maximum atomic E-state index is 12.8. The topological polar surface area (TPSA) is 102 Å². The van der Waals surface area contributed by atoms with E-state index in [0.29, 0.717) is 12.8 Å². The highest BCUT2D eigenvalue weighted by Crippen LogP contribution is 2.16. The Morgan fingerprint density at radius 2 is 0.812 bits per heavy atom. The molecule has 0 saturated heterocycles. The van der Waals surface area contributed by atoms with Crippen molar-refractivity contribution >= 4 is 17.9 Å². The van der Waals surface area contributed by atoms with Crippen molar-refractivity contribution in [3.8, 4) is 0 Å². The van der Waals surface area contributed by atoms with E-state index in [4.69, 9.17) is 14.2 Å². The second-order valence-electron chi connectivity index (χ2n) is 20.1. The van der Waals surface area contributed by atoms with Crippen LogP contribution in [0, 0.1) is 0 Å². The Kier molecular flexibility index (Phi) is 48.7. The van der Waals surface area contributed by atoms with Gasteiger partial charge in [0.15, 0.2) is 6.10 Å². The first kappa shape index (κ1) is 65.8. The lowest BCUT2D eigenvalue weighted by Crippen LogP contribution is -2.55. The minimum atomic E-state index is -1.13. The molecule has 0 aromatic heterocycles. The third kappa shape index (κ3) is 49.5. The molecule has 0 N–H and O–H groups in total. The minimum absolute atomic E-state index is 0.0372. The van der Waals surface area contributed by atoms with E-state index in [1.165, 1.54) is 135 Å². The molecule has 0 amide bonds. The number of esters is 2. The molecule has 0 rings (SSSR count). The van der Waals surface area contributed by atoms with Crippen LogP contribution in [-0.4, -0.2) is 75.5 Å². The Morgan fingerprint density at radius 1 is 0.449 bits per heavy atom. The monoisotopic (exact) mass is 966 g/mol. The molecular weight excluding hydrogens is 859 g/mol. The highest BCUT2D eigenvalue weighted by Gasteiger charge is 2.25. The Morgan fingerprint density at radius 3 is 1.20 bits per heavy atom. The number of aliphatic carboxylic acids is 1. The smallest absolute Gasteiger partial charge is 0.306 e. The molecule has 0 aromatic rings. The van der Waals surface area contributed by atoms with E-state index in [9.17, 15) is 19.5 Å². The predicted molar refractivity (Wildman–Crippen MR) is 291 cm³/mol. The highest BCUT2D eigenvalue weighted by molar-refractivity contribution is 5.70. The molecule has 0 heterocycles. The Hall–Kier alpha value is -3.23. The zero-order valence-electron chi connectivity index (χ0n) is 45.5. The number of likely N-dealkylation sites (N-methyl/N-ethyl adjacent to an activating group) is 1. The molecule has 0 aromatic carbocycles. The molecule has 2 unspecified atom stereocenters. The molecule has 0 aliphatic carbocycles. The predicted octanol–water partition coefficient (Wildman–Crippen LogP) is 15.7. The Bertz CT molecular complexity index is 1360. The number of rotatable bonds is 51. The maximum absolute atomic E-state index is 12.8. The van der Waals surface area contributed by atoms with Gasteiger partial charge in [-0.25, -0.2) is 0 Å². The molecule has 8 heteroatoms. The van der Waals surface area contributed by atoms with E-state index in [1.807, 2.05) is 0 Å². The van der Waals surface area contributed by atoms with Gasteiger partial charge in [0.25, 0.3) is 0 Å². The number of allylic oxidation sites excluding steroid dienone is 12. The van der Waals surface area contributed by atoms with Crippen LogP contribution in [0.5, 0.6) is 0 Å². The van der Waals surface area contributed by atoms with Crippen molar-refractivity contribution < 1.29 is 38.2 Å². The fraction of sp³-hybridized carbons (Fsp3) is 0.754.